The normalized spacial score (nSPS) is 23.4. The molecule has 22 heavy (non-hydrogen) atoms. The van der Waals surface area contributed by atoms with Crippen LogP contribution in [0.4, 0.5) is 5.82 Å². The van der Waals surface area contributed by atoms with E-state index in [4.69, 9.17) is 0 Å². The third kappa shape index (κ3) is 3.33. The Morgan fingerprint density at radius 3 is 2.73 bits per heavy atom. The Balaban J connectivity index is 1.85. The molecule has 1 saturated heterocycles. The third-order valence-electron chi connectivity index (χ3n) is 4.31. The van der Waals surface area contributed by atoms with Gasteiger partial charge in [0, 0.05) is 25.3 Å². The number of nitrogens with zero attached hydrogens (tertiary/aromatic N) is 2. The van der Waals surface area contributed by atoms with Crippen molar-refractivity contribution in [3.05, 3.63) is 30.5 Å². The topological polar surface area (TPSA) is 62.3 Å². The van der Waals surface area contributed by atoms with Gasteiger partial charge >= 0.3 is 0 Å². The van der Waals surface area contributed by atoms with E-state index in [9.17, 15) is 8.42 Å². The summed E-state index contributed by atoms with van der Waals surface area (Å²) in [6.07, 6.45) is 11.9. The standard InChI is InChI=1S/C16H23N3O2S/c20-22(21,19-12-5-2-6-13-19)15-10-7-11-17-16(15)18-14-8-3-1-4-9-14/h1,3,7,10-11,14H,2,4-6,8-9,12-13H2,(H,17,18). The predicted octanol–water partition coefficient (Wildman–Crippen LogP) is 2.78. The second-order valence-electron chi connectivity index (χ2n) is 5.94. The average molecular weight is 321 g/mol. The molecule has 1 aromatic heterocycles. The Kier molecular flexibility index (Phi) is 4.78. The van der Waals surface area contributed by atoms with E-state index >= 15 is 0 Å². The molecule has 1 aromatic rings. The Bertz CT molecular complexity index is 637. The highest BCUT2D eigenvalue weighted by Gasteiger charge is 2.29. The summed E-state index contributed by atoms with van der Waals surface area (Å²) in [7, 11) is -3.45. The molecule has 2 heterocycles. The predicted molar refractivity (Wildman–Crippen MR) is 87.2 cm³/mol. The Labute approximate surface area is 132 Å². The van der Waals surface area contributed by atoms with Crippen LogP contribution in [0.1, 0.15) is 38.5 Å². The van der Waals surface area contributed by atoms with Crippen molar-refractivity contribution in [2.75, 3.05) is 18.4 Å². The quantitative estimate of drug-likeness (QED) is 0.866. The highest BCUT2D eigenvalue weighted by Crippen LogP contribution is 2.27. The molecule has 120 valence electrons. The van der Waals surface area contributed by atoms with Crippen LogP contribution in [0.2, 0.25) is 0 Å². The highest BCUT2D eigenvalue weighted by molar-refractivity contribution is 7.89. The molecule has 0 aromatic carbocycles. The number of nitrogens with one attached hydrogen (secondary N) is 1. The molecule has 0 bridgehead atoms. The first-order valence-electron chi connectivity index (χ1n) is 8.04. The second-order valence-corrected chi connectivity index (χ2v) is 7.85. The minimum Gasteiger partial charge on any atom is -0.366 e. The highest BCUT2D eigenvalue weighted by atomic mass is 32.2. The van der Waals surface area contributed by atoms with Gasteiger partial charge in [-0.05, 0) is 44.2 Å². The minimum atomic E-state index is -3.45. The van der Waals surface area contributed by atoms with E-state index < -0.39 is 10.0 Å². The molecule has 2 aliphatic rings. The van der Waals surface area contributed by atoms with Crippen LogP contribution in [0.5, 0.6) is 0 Å². The summed E-state index contributed by atoms with van der Waals surface area (Å²) in [5.41, 5.74) is 0. The molecule has 6 heteroatoms. The fourth-order valence-corrected chi connectivity index (χ4v) is 4.69. The summed E-state index contributed by atoms with van der Waals surface area (Å²) < 4.78 is 27.4. The zero-order chi connectivity index (χ0) is 15.4. The van der Waals surface area contributed by atoms with Crippen molar-refractivity contribution in [1.82, 2.24) is 9.29 Å². The molecule has 5 nitrogen and oxygen atoms in total. The van der Waals surface area contributed by atoms with E-state index in [2.05, 4.69) is 22.5 Å². The van der Waals surface area contributed by atoms with Crippen LogP contribution in [0, 0.1) is 0 Å². The van der Waals surface area contributed by atoms with Crippen molar-refractivity contribution in [3.8, 4) is 0 Å². The van der Waals surface area contributed by atoms with Crippen molar-refractivity contribution in [2.24, 2.45) is 0 Å². The van der Waals surface area contributed by atoms with Gasteiger partial charge in [-0.2, -0.15) is 4.31 Å². The lowest BCUT2D eigenvalue weighted by Gasteiger charge is -2.27. The Morgan fingerprint density at radius 1 is 1.18 bits per heavy atom. The van der Waals surface area contributed by atoms with Crippen molar-refractivity contribution in [3.63, 3.8) is 0 Å². The average Bonchev–Trinajstić information content (AvgIpc) is 2.57. The molecule has 0 spiro atoms. The number of hydrogen-bond acceptors (Lipinski definition) is 4. The minimum absolute atomic E-state index is 0.259. The van der Waals surface area contributed by atoms with Gasteiger partial charge in [-0.1, -0.05) is 18.6 Å². The molecule has 1 unspecified atom stereocenters. The number of rotatable bonds is 4. The SMILES string of the molecule is O=S(=O)(c1cccnc1NC1CC=CCC1)N1CCCCC1. The number of allylic oxidation sites excluding steroid dienone is 1. The van der Waals surface area contributed by atoms with Crippen molar-refractivity contribution < 1.29 is 8.42 Å². The molecule has 0 saturated carbocycles. The largest absolute Gasteiger partial charge is 0.366 e. The summed E-state index contributed by atoms with van der Waals surface area (Å²) in [5, 5.41) is 3.33. The smallest absolute Gasteiger partial charge is 0.246 e. The third-order valence-corrected chi connectivity index (χ3v) is 6.24. The Morgan fingerprint density at radius 2 is 2.00 bits per heavy atom. The first kappa shape index (κ1) is 15.5. The van der Waals surface area contributed by atoms with E-state index in [1.165, 1.54) is 0 Å². The van der Waals surface area contributed by atoms with E-state index in [1.54, 1.807) is 22.6 Å². The van der Waals surface area contributed by atoms with Crippen LogP contribution in [-0.4, -0.2) is 36.8 Å². The zero-order valence-electron chi connectivity index (χ0n) is 12.7. The van der Waals surface area contributed by atoms with Crippen LogP contribution in [0.15, 0.2) is 35.4 Å². The van der Waals surface area contributed by atoms with Gasteiger partial charge in [-0.25, -0.2) is 13.4 Å². The molecule has 1 aliphatic heterocycles. The number of pyridine rings is 1. The lowest BCUT2D eigenvalue weighted by Crippen LogP contribution is -2.36. The molecular weight excluding hydrogens is 298 g/mol. The number of piperidine rings is 1. The monoisotopic (exact) mass is 321 g/mol. The Hall–Kier alpha value is -1.40. The molecule has 1 aliphatic carbocycles. The molecule has 0 radical (unpaired) electrons. The van der Waals surface area contributed by atoms with E-state index in [1.807, 2.05) is 0 Å². The first-order chi connectivity index (χ1) is 10.7. The van der Waals surface area contributed by atoms with Crippen LogP contribution < -0.4 is 5.32 Å². The van der Waals surface area contributed by atoms with Crippen LogP contribution >= 0.6 is 0 Å². The van der Waals surface area contributed by atoms with Gasteiger partial charge < -0.3 is 5.32 Å². The van der Waals surface area contributed by atoms with Gasteiger partial charge in [-0.15, -0.1) is 0 Å². The van der Waals surface area contributed by atoms with Gasteiger partial charge in [0.15, 0.2) is 0 Å². The zero-order valence-corrected chi connectivity index (χ0v) is 13.6. The van der Waals surface area contributed by atoms with Crippen molar-refractivity contribution in [1.29, 1.82) is 0 Å². The van der Waals surface area contributed by atoms with Gasteiger partial charge in [0.25, 0.3) is 0 Å². The fraction of sp³-hybridized carbons (Fsp3) is 0.562. The summed E-state index contributed by atoms with van der Waals surface area (Å²) in [6.45, 7) is 1.23. The summed E-state index contributed by atoms with van der Waals surface area (Å²) in [5.74, 6) is 0.494. The van der Waals surface area contributed by atoms with Crippen molar-refractivity contribution >= 4 is 15.8 Å². The fourth-order valence-electron chi connectivity index (χ4n) is 3.07. The van der Waals surface area contributed by atoms with Gasteiger partial charge in [0.2, 0.25) is 10.0 Å². The molecular formula is C16H23N3O2S. The molecule has 3 rings (SSSR count). The van der Waals surface area contributed by atoms with Gasteiger partial charge in [0.1, 0.15) is 10.7 Å². The van der Waals surface area contributed by atoms with E-state index in [-0.39, 0.29) is 6.04 Å². The van der Waals surface area contributed by atoms with E-state index in [0.29, 0.717) is 23.8 Å². The molecule has 1 atom stereocenters. The maximum atomic E-state index is 12.9. The molecule has 1 N–H and O–H groups in total. The second kappa shape index (κ2) is 6.79. The van der Waals surface area contributed by atoms with Gasteiger partial charge in [-0.3, -0.25) is 0 Å². The summed E-state index contributed by atoms with van der Waals surface area (Å²) in [6, 6.07) is 3.62. The summed E-state index contributed by atoms with van der Waals surface area (Å²) >= 11 is 0. The van der Waals surface area contributed by atoms with Gasteiger partial charge in [0.05, 0.1) is 0 Å². The molecule has 0 amide bonds. The van der Waals surface area contributed by atoms with Crippen molar-refractivity contribution in [2.45, 2.75) is 49.5 Å². The van der Waals surface area contributed by atoms with Crippen LogP contribution in [-0.2, 0) is 10.0 Å². The number of anilines is 1. The maximum Gasteiger partial charge on any atom is 0.246 e. The van der Waals surface area contributed by atoms with Crippen LogP contribution in [0.25, 0.3) is 0 Å². The maximum absolute atomic E-state index is 12.9. The summed E-state index contributed by atoms with van der Waals surface area (Å²) in [4.78, 5) is 4.60. The van der Waals surface area contributed by atoms with Crippen LogP contribution in [0.3, 0.4) is 0 Å². The lowest BCUT2D eigenvalue weighted by atomic mass is 10.0. The number of hydrogen-bond donors (Lipinski definition) is 1. The molecule has 1 fully saturated rings. The first-order valence-corrected chi connectivity index (χ1v) is 9.48. The lowest BCUT2D eigenvalue weighted by molar-refractivity contribution is 0.346. The number of sulfonamides is 1. The van der Waals surface area contributed by atoms with E-state index in [0.717, 1.165) is 38.5 Å². The number of aromatic nitrogens is 1.